The van der Waals surface area contributed by atoms with Gasteiger partial charge in [-0.05, 0) is 31.6 Å². The standard InChI is InChI=1S/C10H19NO2S/c1-3-4-10(7-9-5-6-9)8(2)14(11,12)13/h3,8-10H,1,4-7H2,2H3,(H2,11,12,13)/t8-,10-/m1/s1. The average molecular weight is 217 g/mol. The van der Waals surface area contributed by atoms with E-state index in [1.54, 1.807) is 13.0 Å². The van der Waals surface area contributed by atoms with E-state index in [0.717, 1.165) is 18.8 Å². The third-order valence-corrected chi connectivity index (χ3v) is 4.41. The molecule has 0 radical (unpaired) electrons. The molecule has 0 heterocycles. The molecule has 4 heteroatoms. The summed E-state index contributed by atoms with van der Waals surface area (Å²) >= 11 is 0. The molecule has 0 amide bonds. The van der Waals surface area contributed by atoms with Crippen LogP contribution in [0.5, 0.6) is 0 Å². The van der Waals surface area contributed by atoms with Gasteiger partial charge in [-0.3, -0.25) is 0 Å². The summed E-state index contributed by atoms with van der Waals surface area (Å²) in [7, 11) is -3.39. The van der Waals surface area contributed by atoms with Crippen molar-refractivity contribution < 1.29 is 8.42 Å². The lowest BCUT2D eigenvalue weighted by Gasteiger charge is -2.20. The Labute approximate surface area is 86.4 Å². The summed E-state index contributed by atoms with van der Waals surface area (Å²) in [4.78, 5) is 0. The van der Waals surface area contributed by atoms with E-state index < -0.39 is 15.3 Å². The van der Waals surface area contributed by atoms with Crippen molar-refractivity contribution in [2.45, 2.75) is 37.9 Å². The van der Waals surface area contributed by atoms with Gasteiger partial charge in [-0.2, -0.15) is 0 Å². The molecule has 1 rings (SSSR count). The number of hydrogen-bond donors (Lipinski definition) is 1. The van der Waals surface area contributed by atoms with Crippen molar-refractivity contribution in [1.82, 2.24) is 0 Å². The Morgan fingerprint density at radius 3 is 2.50 bits per heavy atom. The molecule has 1 fully saturated rings. The molecule has 0 saturated heterocycles. The minimum atomic E-state index is -3.39. The van der Waals surface area contributed by atoms with Gasteiger partial charge >= 0.3 is 0 Å². The summed E-state index contributed by atoms with van der Waals surface area (Å²) in [6.45, 7) is 5.36. The molecule has 0 spiro atoms. The highest BCUT2D eigenvalue weighted by molar-refractivity contribution is 7.89. The van der Waals surface area contributed by atoms with E-state index in [9.17, 15) is 8.42 Å². The van der Waals surface area contributed by atoms with Gasteiger partial charge in [0.25, 0.3) is 0 Å². The van der Waals surface area contributed by atoms with Crippen molar-refractivity contribution in [3.63, 3.8) is 0 Å². The lowest BCUT2D eigenvalue weighted by Crippen LogP contribution is -2.32. The molecule has 2 N–H and O–H groups in total. The summed E-state index contributed by atoms with van der Waals surface area (Å²) < 4.78 is 22.4. The fourth-order valence-corrected chi connectivity index (χ4v) is 2.50. The fraction of sp³-hybridized carbons (Fsp3) is 0.800. The maximum atomic E-state index is 11.2. The van der Waals surface area contributed by atoms with Crippen molar-refractivity contribution in [2.75, 3.05) is 0 Å². The molecule has 1 saturated carbocycles. The number of rotatable bonds is 6. The summed E-state index contributed by atoms with van der Waals surface area (Å²) in [5.74, 6) is 0.874. The van der Waals surface area contributed by atoms with Gasteiger partial charge in [0, 0.05) is 0 Å². The van der Waals surface area contributed by atoms with Gasteiger partial charge in [0.15, 0.2) is 0 Å². The number of primary sulfonamides is 1. The Hall–Kier alpha value is -0.350. The van der Waals surface area contributed by atoms with Gasteiger partial charge in [-0.25, -0.2) is 13.6 Å². The predicted molar refractivity (Wildman–Crippen MR) is 58.2 cm³/mol. The van der Waals surface area contributed by atoms with Gasteiger partial charge in [-0.15, -0.1) is 6.58 Å². The third kappa shape index (κ3) is 3.42. The molecule has 0 aromatic rings. The van der Waals surface area contributed by atoms with Crippen LogP contribution in [0.1, 0.15) is 32.6 Å². The molecule has 1 aliphatic rings. The summed E-state index contributed by atoms with van der Waals surface area (Å²) in [5.41, 5.74) is 0. The smallest absolute Gasteiger partial charge is 0.211 e. The lowest BCUT2D eigenvalue weighted by atomic mass is 9.95. The average Bonchev–Trinajstić information content (AvgIpc) is 2.84. The maximum Gasteiger partial charge on any atom is 0.211 e. The number of allylic oxidation sites excluding steroid dienone is 1. The Morgan fingerprint density at radius 1 is 1.57 bits per heavy atom. The zero-order valence-corrected chi connectivity index (χ0v) is 9.46. The lowest BCUT2D eigenvalue weighted by molar-refractivity contribution is 0.439. The van der Waals surface area contributed by atoms with E-state index in [4.69, 9.17) is 5.14 Å². The summed E-state index contributed by atoms with van der Waals surface area (Å²) in [5, 5.41) is 4.70. The van der Waals surface area contributed by atoms with Crippen molar-refractivity contribution in [3.05, 3.63) is 12.7 Å². The minimum absolute atomic E-state index is 0.148. The summed E-state index contributed by atoms with van der Waals surface area (Å²) in [6.07, 6.45) is 5.99. The molecule has 0 aliphatic heterocycles. The van der Waals surface area contributed by atoms with Crippen LogP contribution in [-0.2, 0) is 10.0 Å². The van der Waals surface area contributed by atoms with Crippen LogP contribution in [-0.4, -0.2) is 13.7 Å². The largest absolute Gasteiger partial charge is 0.228 e. The van der Waals surface area contributed by atoms with E-state index in [-0.39, 0.29) is 5.92 Å². The minimum Gasteiger partial charge on any atom is -0.228 e. The van der Waals surface area contributed by atoms with E-state index >= 15 is 0 Å². The molecular weight excluding hydrogens is 198 g/mol. The van der Waals surface area contributed by atoms with Gasteiger partial charge < -0.3 is 0 Å². The molecule has 1 aliphatic carbocycles. The second-order valence-corrected chi connectivity index (χ2v) is 6.18. The predicted octanol–water partition coefficient (Wildman–Crippen LogP) is 1.66. The highest BCUT2D eigenvalue weighted by Crippen LogP contribution is 2.38. The Balaban J connectivity index is 2.59. The second kappa shape index (κ2) is 4.45. The Kier molecular flexibility index (Phi) is 3.72. The van der Waals surface area contributed by atoms with Gasteiger partial charge in [-0.1, -0.05) is 18.9 Å². The second-order valence-electron chi connectivity index (χ2n) is 4.26. The van der Waals surface area contributed by atoms with Crippen LogP contribution >= 0.6 is 0 Å². The third-order valence-electron chi connectivity index (χ3n) is 2.98. The van der Waals surface area contributed by atoms with E-state index in [1.807, 2.05) is 0 Å². The van der Waals surface area contributed by atoms with Crippen molar-refractivity contribution in [1.29, 1.82) is 0 Å². The molecule has 0 bridgehead atoms. The van der Waals surface area contributed by atoms with Crippen molar-refractivity contribution >= 4 is 10.0 Å². The number of sulfonamides is 1. The number of nitrogens with two attached hydrogens (primary N) is 1. The molecule has 3 nitrogen and oxygen atoms in total. The van der Waals surface area contributed by atoms with Crippen LogP contribution in [0.3, 0.4) is 0 Å². The fourth-order valence-electron chi connectivity index (χ4n) is 1.74. The molecule has 0 unspecified atom stereocenters. The Bertz CT molecular complexity index is 293. The van der Waals surface area contributed by atoms with E-state index in [2.05, 4.69) is 6.58 Å². The van der Waals surface area contributed by atoms with Crippen LogP contribution in [0, 0.1) is 11.8 Å². The quantitative estimate of drug-likeness (QED) is 0.688. The van der Waals surface area contributed by atoms with Gasteiger partial charge in [0.05, 0.1) is 5.25 Å². The number of hydrogen-bond acceptors (Lipinski definition) is 2. The topological polar surface area (TPSA) is 60.2 Å². The normalized spacial score (nSPS) is 21.6. The van der Waals surface area contributed by atoms with Crippen LogP contribution < -0.4 is 5.14 Å². The molecule has 0 aromatic carbocycles. The van der Waals surface area contributed by atoms with Crippen LogP contribution in [0.2, 0.25) is 0 Å². The molecule has 14 heavy (non-hydrogen) atoms. The first-order valence-corrected chi connectivity index (χ1v) is 6.68. The van der Waals surface area contributed by atoms with Crippen LogP contribution in [0.25, 0.3) is 0 Å². The first kappa shape index (κ1) is 11.7. The monoisotopic (exact) mass is 217 g/mol. The van der Waals surface area contributed by atoms with Crippen LogP contribution in [0.4, 0.5) is 0 Å². The van der Waals surface area contributed by atoms with Crippen LogP contribution in [0.15, 0.2) is 12.7 Å². The Morgan fingerprint density at radius 2 is 2.14 bits per heavy atom. The van der Waals surface area contributed by atoms with E-state index in [0.29, 0.717) is 0 Å². The van der Waals surface area contributed by atoms with Gasteiger partial charge in [0.1, 0.15) is 0 Å². The molecule has 82 valence electrons. The van der Waals surface area contributed by atoms with Crippen molar-refractivity contribution in [2.24, 2.45) is 17.0 Å². The SMILES string of the molecule is C=CC[C@H](CC1CC1)[C@@H](C)S(N)(=O)=O. The van der Waals surface area contributed by atoms with Crippen molar-refractivity contribution in [3.8, 4) is 0 Å². The van der Waals surface area contributed by atoms with E-state index in [1.165, 1.54) is 12.8 Å². The zero-order chi connectivity index (χ0) is 10.8. The molecule has 2 atom stereocenters. The first-order chi connectivity index (χ1) is 6.45. The highest BCUT2D eigenvalue weighted by atomic mass is 32.2. The molecular formula is C10H19NO2S. The first-order valence-electron chi connectivity index (χ1n) is 5.07. The highest BCUT2D eigenvalue weighted by Gasteiger charge is 2.31. The summed E-state index contributed by atoms with van der Waals surface area (Å²) in [6, 6.07) is 0. The zero-order valence-electron chi connectivity index (χ0n) is 8.65. The van der Waals surface area contributed by atoms with Gasteiger partial charge in [0.2, 0.25) is 10.0 Å². The maximum absolute atomic E-state index is 11.2. The molecule has 0 aromatic heterocycles.